The molecule has 0 aliphatic heterocycles. The number of aliphatic hydroxyl groups excluding tert-OH is 1. The largest absolute Gasteiger partial charge is 0.396 e. The van der Waals surface area contributed by atoms with Crippen LogP contribution in [0.25, 0.3) is 22.6 Å². The fourth-order valence-electron chi connectivity index (χ4n) is 3.97. The van der Waals surface area contributed by atoms with Crippen LogP contribution in [-0.4, -0.2) is 30.4 Å². The Balaban J connectivity index is 2.02. The van der Waals surface area contributed by atoms with Crippen molar-refractivity contribution in [2.45, 2.75) is 39.3 Å². The van der Waals surface area contributed by atoms with Crippen molar-refractivity contribution in [3.05, 3.63) is 74.2 Å². The molecule has 31 heavy (non-hydrogen) atoms. The van der Waals surface area contributed by atoms with Gasteiger partial charge in [0.05, 0.1) is 0 Å². The number of aryl methyl sites for hydroxylation is 2. The van der Waals surface area contributed by atoms with E-state index in [1.807, 2.05) is 35.8 Å². The van der Waals surface area contributed by atoms with Crippen LogP contribution in [0.15, 0.2) is 57.4 Å². The third kappa shape index (κ3) is 3.79. The number of nitrogens with zero attached hydrogens (tertiary/aromatic N) is 4. The second kappa shape index (κ2) is 8.47. The Hall–Kier alpha value is -3.26. The molecule has 1 N–H and O–H groups in total. The summed E-state index contributed by atoms with van der Waals surface area (Å²) in [5.74, 6) is 0.433. The number of allylic oxidation sites excluding steroid dienone is 4. The van der Waals surface area contributed by atoms with E-state index in [0.29, 0.717) is 42.8 Å². The molecule has 0 fully saturated rings. The van der Waals surface area contributed by atoms with Crippen molar-refractivity contribution in [1.29, 1.82) is 0 Å². The maximum Gasteiger partial charge on any atom is 0.332 e. The number of halogens is 1. The van der Waals surface area contributed by atoms with Gasteiger partial charge in [0.15, 0.2) is 11.2 Å². The summed E-state index contributed by atoms with van der Waals surface area (Å²) in [6.07, 6.45) is 4.39. The molecule has 0 radical (unpaired) electrons. The first kappa shape index (κ1) is 21.0. The number of benzene rings is 1. The molecular weight excluding hydrogens is 399 g/mol. The van der Waals surface area contributed by atoms with Crippen molar-refractivity contribution in [2.24, 2.45) is 7.05 Å². The van der Waals surface area contributed by atoms with Crippen molar-refractivity contribution in [3.8, 4) is 11.4 Å². The molecule has 0 amide bonds. The average molecular weight is 424 g/mol. The Kier molecular flexibility index (Phi) is 5.73. The number of rotatable bonds is 6. The highest BCUT2D eigenvalue weighted by molar-refractivity contribution is 5.78. The molecule has 7 nitrogen and oxygen atoms in total. The van der Waals surface area contributed by atoms with E-state index in [1.54, 1.807) is 13.1 Å². The van der Waals surface area contributed by atoms with Crippen LogP contribution in [0, 0.1) is 6.92 Å². The van der Waals surface area contributed by atoms with Gasteiger partial charge in [-0.15, -0.1) is 0 Å². The fraction of sp³-hybridized carbons (Fsp3) is 0.348. The lowest BCUT2D eigenvalue weighted by atomic mass is 10.0. The number of aliphatic hydroxyl groups is 1. The minimum atomic E-state index is -0.464. The predicted octanol–water partition coefficient (Wildman–Crippen LogP) is 2.83. The van der Waals surface area contributed by atoms with Crippen LogP contribution in [0.3, 0.4) is 0 Å². The molecule has 0 atom stereocenters. The van der Waals surface area contributed by atoms with Crippen LogP contribution in [-0.2, 0) is 20.1 Å². The van der Waals surface area contributed by atoms with Gasteiger partial charge in [0, 0.05) is 38.7 Å². The lowest BCUT2D eigenvalue weighted by Crippen LogP contribution is -2.40. The van der Waals surface area contributed by atoms with Gasteiger partial charge in [0.2, 0.25) is 0 Å². The zero-order valence-corrected chi connectivity index (χ0v) is 17.6. The van der Waals surface area contributed by atoms with Crippen molar-refractivity contribution in [3.63, 3.8) is 0 Å². The van der Waals surface area contributed by atoms with Crippen LogP contribution >= 0.6 is 0 Å². The smallest absolute Gasteiger partial charge is 0.332 e. The van der Waals surface area contributed by atoms with Crippen molar-refractivity contribution >= 4 is 11.2 Å². The van der Waals surface area contributed by atoms with E-state index in [1.165, 1.54) is 10.6 Å². The third-order valence-corrected chi connectivity index (χ3v) is 5.70. The normalized spacial score (nSPS) is 14.1. The summed E-state index contributed by atoms with van der Waals surface area (Å²) in [4.78, 5) is 30.9. The molecule has 162 valence electrons. The SMILES string of the molecule is Cc1ccccc1-c1nc2c(c(=O)n(CCCO)c(=O)n2C)n1CC1=CC=C(F)CC1. The molecule has 2 heterocycles. The van der Waals surface area contributed by atoms with Gasteiger partial charge >= 0.3 is 5.69 Å². The predicted molar refractivity (Wildman–Crippen MR) is 118 cm³/mol. The van der Waals surface area contributed by atoms with Crippen LogP contribution in [0.2, 0.25) is 0 Å². The summed E-state index contributed by atoms with van der Waals surface area (Å²) in [5, 5.41) is 9.18. The monoisotopic (exact) mass is 424 g/mol. The zero-order chi connectivity index (χ0) is 22.1. The molecule has 4 rings (SSSR count). The minimum Gasteiger partial charge on any atom is -0.396 e. The number of aromatic nitrogens is 4. The summed E-state index contributed by atoms with van der Waals surface area (Å²) in [6.45, 7) is 2.35. The summed E-state index contributed by atoms with van der Waals surface area (Å²) in [6, 6.07) is 7.74. The van der Waals surface area contributed by atoms with Gasteiger partial charge in [-0.25, -0.2) is 14.2 Å². The lowest BCUT2D eigenvalue weighted by Gasteiger charge is -2.15. The van der Waals surface area contributed by atoms with E-state index >= 15 is 0 Å². The highest BCUT2D eigenvalue weighted by atomic mass is 19.1. The minimum absolute atomic E-state index is 0.119. The fourth-order valence-corrected chi connectivity index (χ4v) is 3.97. The first-order valence-electron chi connectivity index (χ1n) is 10.3. The maximum atomic E-state index is 13.5. The highest BCUT2D eigenvalue weighted by Crippen LogP contribution is 2.28. The Morgan fingerprint density at radius 3 is 2.58 bits per heavy atom. The van der Waals surface area contributed by atoms with Crippen molar-refractivity contribution in [1.82, 2.24) is 18.7 Å². The molecule has 0 bridgehead atoms. The van der Waals surface area contributed by atoms with Crippen LogP contribution in [0.5, 0.6) is 0 Å². The van der Waals surface area contributed by atoms with Gasteiger partial charge in [-0.1, -0.05) is 30.3 Å². The molecular formula is C23H25FN4O3. The molecule has 0 unspecified atom stereocenters. The highest BCUT2D eigenvalue weighted by Gasteiger charge is 2.22. The summed E-state index contributed by atoms with van der Waals surface area (Å²) in [5.41, 5.74) is 2.58. The number of hydrogen-bond donors (Lipinski definition) is 1. The molecule has 3 aromatic rings. The quantitative estimate of drug-likeness (QED) is 0.660. The Labute approximate surface area is 178 Å². The van der Waals surface area contributed by atoms with Gasteiger partial charge < -0.3 is 9.67 Å². The van der Waals surface area contributed by atoms with E-state index in [-0.39, 0.29) is 19.0 Å². The molecule has 0 spiro atoms. The van der Waals surface area contributed by atoms with Crippen LogP contribution in [0.1, 0.15) is 24.8 Å². The molecule has 1 aliphatic rings. The van der Waals surface area contributed by atoms with E-state index in [2.05, 4.69) is 0 Å². The van der Waals surface area contributed by atoms with E-state index in [4.69, 9.17) is 4.98 Å². The third-order valence-electron chi connectivity index (χ3n) is 5.70. The van der Waals surface area contributed by atoms with Crippen molar-refractivity contribution < 1.29 is 9.50 Å². The van der Waals surface area contributed by atoms with Crippen LogP contribution < -0.4 is 11.2 Å². The van der Waals surface area contributed by atoms with E-state index in [9.17, 15) is 19.1 Å². The molecule has 0 saturated heterocycles. The van der Waals surface area contributed by atoms with Crippen molar-refractivity contribution in [2.75, 3.05) is 6.61 Å². The molecule has 8 heteroatoms. The Morgan fingerprint density at radius 1 is 1.13 bits per heavy atom. The van der Waals surface area contributed by atoms with Gasteiger partial charge in [0.1, 0.15) is 11.7 Å². The number of imidazole rings is 1. The molecule has 1 aromatic carbocycles. The van der Waals surface area contributed by atoms with Crippen LogP contribution in [0.4, 0.5) is 4.39 Å². The lowest BCUT2D eigenvalue weighted by molar-refractivity contribution is 0.277. The summed E-state index contributed by atoms with van der Waals surface area (Å²) in [7, 11) is 1.59. The standard InChI is InChI=1S/C23H25FN4O3/c1-15-6-3-4-7-18(15)20-25-21-19(28(20)14-16-8-10-17(24)11-9-16)22(30)27(12-5-13-29)23(31)26(21)2/h3-4,6-8,10,29H,5,9,11-14H2,1-2H3. The van der Waals surface area contributed by atoms with Gasteiger partial charge in [-0.3, -0.25) is 13.9 Å². The number of hydrogen-bond acceptors (Lipinski definition) is 4. The van der Waals surface area contributed by atoms with Gasteiger partial charge in [-0.2, -0.15) is 0 Å². The molecule has 2 aromatic heterocycles. The first-order chi connectivity index (χ1) is 14.9. The average Bonchev–Trinajstić information content (AvgIpc) is 3.13. The van der Waals surface area contributed by atoms with Gasteiger partial charge in [0.25, 0.3) is 5.56 Å². The van der Waals surface area contributed by atoms with Gasteiger partial charge in [-0.05, 0) is 37.0 Å². The second-order valence-corrected chi connectivity index (χ2v) is 7.82. The Bertz CT molecular complexity index is 1330. The second-order valence-electron chi connectivity index (χ2n) is 7.82. The molecule has 0 saturated carbocycles. The Morgan fingerprint density at radius 2 is 1.90 bits per heavy atom. The van der Waals surface area contributed by atoms with E-state index in [0.717, 1.165) is 21.3 Å². The number of fused-ring (bicyclic) bond motifs is 1. The summed E-state index contributed by atoms with van der Waals surface area (Å²) >= 11 is 0. The van der Waals surface area contributed by atoms with E-state index < -0.39 is 11.2 Å². The maximum absolute atomic E-state index is 13.5. The zero-order valence-electron chi connectivity index (χ0n) is 17.6. The first-order valence-corrected chi connectivity index (χ1v) is 10.3. The topological polar surface area (TPSA) is 82.1 Å². The summed E-state index contributed by atoms with van der Waals surface area (Å²) < 4.78 is 17.9. The molecule has 1 aliphatic carbocycles.